The minimum Gasteiger partial charge on any atom is -0.406 e. The number of halogens is 5. The Kier molecular flexibility index (Phi) is 10.8. The van der Waals surface area contributed by atoms with Gasteiger partial charge in [0.1, 0.15) is 18.0 Å². The Hall–Kier alpha value is -4.92. The predicted octanol–water partition coefficient (Wildman–Crippen LogP) is 4.34. The van der Waals surface area contributed by atoms with Crippen LogP contribution in [-0.2, 0) is 35.6 Å². The molecule has 10 nitrogen and oxygen atoms in total. The summed E-state index contributed by atoms with van der Waals surface area (Å²) in [5.74, 6) is -2.69. The molecule has 1 unspecified atom stereocenters. The molecule has 2 atom stereocenters. The maximum atomic E-state index is 14.9. The number of aryl methyl sites for hydroxylation is 1. The maximum Gasteiger partial charge on any atom is 0.573 e. The summed E-state index contributed by atoms with van der Waals surface area (Å²) in [5.41, 5.74) is -0.338. The summed E-state index contributed by atoms with van der Waals surface area (Å²) < 4.78 is 78.1. The monoisotopic (exact) mass is 633 g/mol. The molecule has 2 aromatic carbocycles. The number of ether oxygens (including phenoxy) is 2. The Balaban J connectivity index is 1.28. The lowest BCUT2D eigenvalue weighted by Crippen LogP contribution is -2.27. The van der Waals surface area contributed by atoms with E-state index in [1.807, 2.05) is 0 Å². The van der Waals surface area contributed by atoms with Crippen molar-refractivity contribution in [3.8, 4) is 5.75 Å². The summed E-state index contributed by atoms with van der Waals surface area (Å²) in [6, 6.07) is 15.0. The minimum absolute atomic E-state index is 0.105. The van der Waals surface area contributed by atoms with Crippen LogP contribution >= 0.6 is 0 Å². The van der Waals surface area contributed by atoms with Crippen molar-refractivity contribution in [3.63, 3.8) is 0 Å². The number of carbonyl (C=O) groups excluding carboxylic acids is 2. The van der Waals surface area contributed by atoms with Gasteiger partial charge in [-0.1, -0.05) is 47.7 Å². The lowest BCUT2D eigenvalue weighted by Gasteiger charge is -2.15. The third-order valence-corrected chi connectivity index (χ3v) is 6.61. The molecule has 15 heteroatoms. The van der Waals surface area contributed by atoms with E-state index in [4.69, 9.17) is 4.74 Å². The molecule has 0 fully saturated rings. The van der Waals surface area contributed by atoms with Crippen molar-refractivity contribution < 1.29 is 41.0 Å². The standard InChI is InChI=1S/C30H28F5N5O5/c1-44-27(20-7-3-2-4-8-20)25(41)15-21-10-12-39(29(43)26(21)32)13-11-22(31)17-40-18-24(37-38-40)28(42)36-16-19-6-5-9-23(14-19)45-30(33,34)35/h2-10,12,14,18,22,27H,11,13,15-17H2,1H3,(H,36,42)/t22?,27-/m0/s1. The van der Waals surface area contributed by atoms with Crippen molar-refractivity contribution in [1.29, 1.82) is 0 Å². The van der Waals surface area contributed by atoms with E-state index in [-0.39, 0.29) is 43.7 Å². The lowest BCUT2D eigenvalue weighted by molar-refractivity contribution is -0.274. The van der Waals surface area contributed by atoms with Gasteiger partial charge in [0.2, 0.25) is 0 Å². The number of aromatic nitrogens is 4. The maximum absolute atomic E-state index is 14.9. The molecule has 1 N–H and O–H groups in total. The zero-order chi connectivity index (χ0) is 32.6. The van der Waals surface area contributed by atoms with Crippen molar-refractivity contribution in [3.05, 3.63) is 112 Å². The van der Waals surface area contributed by atoms with Gasteiger partial charge < -0.3 is 19.4 Å². The normalized spacial score (nSPS) is 12.8. The zero-order valence-electron chi connectivity index (χ0n) is 23.8. The van der Waals surface area contributed by atoms with E-state index >= 15 is 0 Å². The number of methoxy groups -OCH3 is 1. The number of nitrogens with one attached hydrogen (secondary N) is 1. The van der Waals surface area contributed by atoms with E-state index in [1.54, 1.807) is 30.3 Å². The molecule has 45 heavy (non-hydrogen) atoms. The van der Waals surface area contributed by atoms with Crippen molar-refractivity contribution in [1.82, 2.24) is 24.9 Å². The number of rotatable bonds is 14. The second-order valence-electron chi connectivity index (χ2n) is 9.91. The van der Waals surface area contributed by atoms with Gasteiger partial charge in [0.25, 0.3) is 11.5 Å². The second-order valence-corrected chi connectivity index (χ2v) is 9.91. The van der Waals surface area contributed by atoms with Gasteiger partial charge >= 0.3 is 6.36 Å². The van der Waals surface area contributed by atoms with Gasteiger partial charge in [-0.25, -0.2) is 13.5 Å². The van der Waals surface area contributed by atoms with Gasteiger partial charge in [0.05, 0.1) is 12.7 Å². The van der Waals surface area contributed by atoms with Crippen LogP contribution in [0.1, 0.15) is 39.7 Å². The molecule has 0 aliphatic rings. The highest BCUT2D eigenvalue weighted by atomic mass is 19.4. The van der Waals surface area contributed by atoms with Gasteiger partial charge in [-0.3, -0.25) is 14.4 Å². The summed E-state index contributed by atoms with van der Waals surface area (Å²) in [4.78, 5) is 37.7. The third-order valence-electron chi connectivity index (χ3n) is 6.61. The lowest BCUT2D eigenvalue weighted by atomic mass is 10.00. The summed E-state index contributed by atoms with van der Waals surface area (Å²) in [6.45, 7) is -0.626. The molecule has 0 spiro atoms. The van der Waals surface area contributed by atoms with E-state index in [0.717, 1.165) is 21.4 Å². The fraction of sp³-hybridized carbons (Fsp3) is 0.300. The summed E-state index contributed by atoms with van der Waals surface area (Å²) >= 11 is 0. The summed E-state index contributed by atoms with van der Waals surface area (Å²) in [5, 5.41) is 9.86. The van der Waals surface area contributed by atoms with Crippen LogP contribution in [0.2, 0.25) is 0 Å². The number of pyridine rings is 1. The molecule has 0 saturated heterocycles. The predicted molar refractivity (Wildman–Crippen MR) is 149 cm³/mol. The molecule has 0 aliphatic heterocycles. The van der Waals surface area contributed by atoms with E-state index in [0.29, 0.717) is 11.1 Å². The van der Waals surface area contributed by atoms with Crippen LogP contribution in [-0.4, -0.2) is 50.9 Å². The van der Waals surface area contributed by atoms with Crippen molar-refractivity contribution in [2.24, 2.45) is 0 Å². The Morgan fingerprint density at radius 3 is 2.53 bits per heavy atom. The number of ketones is 1. The number of Topliss-reactive ketones (excluding diaryl/α,β-unsaturated/α-hetero) is 1. The first-order valence-electron chi connectivity index (χ1n) is 13.6. The number of hydrogen-bond acceptors (Lipinski definition) is 7. The van der Waals surface area contributed by atoms with Crippen LogP contribution in [0.3, 0.4) is 0 Å². The molecular formula is C30H28F5N5O5. The Morgan fingerprint density at radius 2 is 1.82 bits per heavy atom. The van der Waals surface area contributed by atoms with Gasteiger partial charge in [0.15, 0.2) is 17.3 Å². The molecule has 1 amide bonds. The average Bonchev–Trinajstić information content (AvgIpc) is 3.46. The van der Waals surface area contributed by atoms with Crippen LogP contribution in [0, 0.1) is 5.82 Å². The number of carbonyl (C=O) groups is 2. The van der Waals surface area contributed by atoms with Crippen molar-refractivity contribution >= 4 is 11.7 Å². The zero-order valence-corrected chi connectivity index (χ0v) is 23.8. The number of hydrogen-bond donors (Lipinski definition) is 1. The van der Waals surface area contributed by atoms with Crippen LogP contribution in [0.4, 0.5) is 22.0 Å². The van der Waals surface area contributed by atoms with E-state index < -0.39 is 47.5 Å². The molecular weight excluding hydrogens is 605 g/mol. The first kappa shape index (κ1) is 33.0. The fourth-order valence-electron chi connectivity index (χ4n) is 4.45. The highest BCUT2D eigenvalue weighted by molar-refractivity contribution is 5.91. The fourth-order valence-corrected chi connectivity index (χ4v) is 4.45. The summed E-state index contributed by atoms with van der Waals surface area (Å²) in [7, 11) is 1.36. The molecule has 0 bridgehead atoms. The smallest absolute Gasteiger partial charge is 0.406 e. The van der Waals surface area contributed by atoms with Crippen molar-refractivity contribution in [2.75, 3.05) is 7.11 Å². The molecule has 4 rings (SSSR count). The topological polar surface area (TPSA) is 117 Å². The van der Waals surface area contributed by atoms with Gasteiger partial charge in [-0.2, -0.15) is 0 Å². The first-order chi connectivity index (χ1) is 21.4. The van der Waals surface area contributed by atoms with Crippen LogP contribution in [0.15, 0.2) is 77.9 Å². The second kappa shape index (κ2) is 14.7. The highest BCUT2D eigenvalue weighted by Gasteiger charge is 2.31. The quantitative estimate of drug-likeness (QED) is 0.206. The molecule has 2 heterocycles. The molecule has 0 aliphatic carbocycles. The SMILES string of the molecule is CO[C@H](C(=O)Cc1ccn(CCC(F)Cn2cc(C(=O)NCc3cccc(OC(F)(F)F)c3)nn2)c(=O)c1F)c1ccccc1. The van der Waals surface area contributed by atoms with Crippen molar-refractivity contribution in [2.45, 2.75) is 51.1 Å². The van der Waals surface area contributed by atoms with Gasteiger partial charge in [0, 0.05) is 38.4 Å². The van der Waals surface area contributed by atoms with Crippen LogP contribution in [0.5, 0.6) is 5.75 Å². The van der Waals surface area contributed by atoms with E-state index in [1.165, 1.54) is 37.7 Å². The highest BCUT2D eigenvalue weighted by Crippen LogP contribution is 2.23. The number of amides is 1. The van der Waals surface area contributed by atoms with Crippen LogP contribution in [0.25, 0.3) is 0 Å². The number of benzene rings is 2. The van der Waals surface area contributed by atoms with E-state index in [2.05, 4.69) is 20.4 Å². The summed E-state index contributed by atoms with van der Waals surface area (Å²) in [6.07, 6.45) is -5.44. The molecule has 0 radical (unpaired) electrons. The largest absolute Gasteiger partial charge is 0.573 e. The Morgan fingerprint density at radius 1 is 1.07 bits per heavy atom. The Labute approximate surface area is 253 Å². The van der Waals surface area contributed by atoms with Gasteiger partial charge in [-0.15, -0.1) is 18.3 Å². The average molecular weight is 634 g/mol. The molecule has 0 saturated carbocycles. The van der Waals surface area contributed by atoms with E-state index in [9.17, 15) is 36.3 Å². The number of nitrogens with zero attached hydrogens (tertiary/aromatic N) is 4. The Bertz CT molecular complexity index is 1680. The first-order valence-corrected chi connectivity index (χ1v) is 13.6. The third kappa shape index (κ3) is 9.28. The molecule has 238 valence electrons. The minimum atomic E-state index is -4.86. The molecule has 4 aromatic rings. The number of alkyl halides is 4. The van der Waals surface area contributed by atoms with Crippen LogP contribution < -0.4 is 15.6 Å². The molecule has 2 aromatic heterocycles. The van der Waals surface area contributed by atoms with Gasteiger partial charge in [-0.05, 0) is 35.7 Å².